The molecule has 4 nitrogen and oxygen atoms in total. The summed E-state index contributed by atoms with van der Waals surface area (Å²) >= 11 is 1.29. The maximum atomic E-state index is 10.8. The summed E-state index contributed by atoms with van der Waals surface area (Å²) in [5.41, 5.74) is 1.04. The van der Waals surface area contributed by atoms with Gasteiger partial charge in [-0.3, -0.25) is 0 Å². The summed E-state index contributed by atoms with van der Waals surface area (Å²) in [5, 5.41) is 10.8. The highest BCUT2D eigenvalue weighted by Gasteiger charge is 2.21. The normalized spacial score (nSPS) is 20.5. The first kappa shape index (κ1) is 12.4. The van der Waals surface area contributed by atoms with Gasteiger partial charge in [0.15, 0.2) is 0 Å². The monoisotopic (exact) mass is 255 g/mol. The van der Waals surface area contributed by atoms with E-state index >= 15 is 0 Å². The first-order chi connectivity index (χ1) is 8.20. The molecular weight excluding hydrogens is 238 g/mol. The second kappa shape index (κ2) is 5.51. The van der Waals surface area contributed by atoms with Crippen molar-refractivity contribution in [2.75, 3.05) is 31.7 Å². The van der Waals surface area contributed by atoms with Crippen molar-refractivity contribution in [2.45, 2.75) is 12.8 Å². The Hall–Kier alpha value is -1.07. The van der Waals surface area contributed by atoms with Crippen LogP contribution in [0.25, 0.3) is 0 Å². The van der Waals surface area contributed by atoms with Crippen molar-refractivity contribution in [3.8, 4) is 0 Å². The summed E-state index contributed by atoms with van der Waals surface area (Å²) in [4.78, 5) is 13.5. The van der Waals surface area contributed by atoms with Gasteiger partial charge in [0.05, 0.1) is 6.61 Å². The highest BCUT2D eigenvalue weighted by atomic mass is 32.1. The van der Waals surface area contributed by atoms with Crippen LogP contribution in [0.1, 0.15) is 22.5 Å². The molecule has 0 aliphatic carbocycles. The molecule has 2 rings (SSSR count). The van der Waals surface area contributed by atoms with Gasteiger partial charge in [0.25, 0.3) is 0 Å². The molecule has 0 bridgehead atoms. The Labute approximate surface area is 105 Å². The molecule has 1 atom stereocenters. The minimum Gasteiger partial charge on any atom is -0.477 e. The Morgan fingerprint density at radius 3 is 3.18 bits per heavy atom. The van der Waals surface area contributed by atoms with Gasteiger partial charge in [-0.1, -0.05) is 0 Å². The second-order valence-electron chi connectivity index (χ2n) is 4.38. The number of nitrogens with zero attached hydrogens (tertiary/aromatic N) is 1. The fourth-order valence-electron chi connectivity index (χ4n) is 2.28. The first-order valence-corrected chi connectivity index (χ1v) is 6.64. The van der Waals surface area contributed by atoms with Crippen molar-refractivity contribution in [1.29, 1.82) is 0 Å². The van der Waals surface area contributed by atoms with Gasteiger partial charge in [-0.15, -0.1) is 11.3 Å². The molecule has 0 amide bonds. The third-order valence-corrected chi connectivity index (χ3v) is 3.99. The third kappa shape index (κ3) is 2.98. The largest absolute Gasteiger partial charge is 0.477 e. The summed E-state index contributed by atoms with van der Waals surface area (Å²) < 4.78 is 5.19. The van der Waals surface area contributed by atoms with E-state index in [1.807, 2.05) is 5.38 Å². The molecule has 0 aromatic carbocycles. The zero-order chi connectivity index (χ0) is 12.3. The Balaban J connectivity index is 2.02. The van der Waals surface area contributed by atoms with Gasteiger partial charge in [0, 0.05) is 31.3 Å². The van der Waals surface area contributed by atoms with Crippen LogP contribution < -0.4 is 4.90 Å². The van der Waals surface area contributed by atoms with Crippen LogP contribution in [0, 0.1) is 5.92 Å². The molecule has 1 aromatic heterocycles. The van der Waals surface area contributed by atoms with E-state index in [2.05, 4.69) is 4.90 Å². The Morgan fingerprint density at radius 2 is 2.53 bits per heavy atom. The molecule has 0 saturated carbocycles. The topological polar surface area (TPSA) is 49.8 Å². The Morgan fingerprint density at radius 1 is 1.71 bits per heavy atom. The lowest BCUT2D eigenvalue weighted by Crippen LogP contribution is -2.36. The van der Waals surface area contributed by atoms with Gasteiger partial charge in [-0.05, 0) is 24.8 Å². The molecule has 1 aliphatic rings. The van der Waals surface area contributed by atoms with Crippen LogP contribution in [-0.2, 0) is 4.74 Å². The number of rotatable bonds is 4. The lowest BCUT2D eigenvalue weighted by molar-refractivity contribution is 0.0702. The average molecular weight is 255 g/mol. The molecule has 1 N–H and O–H groups in total. The van der Waals surface area contributed by atoms with Crippen molar-refractivity contribution >= 4 is 23.0 Å². The molecule has 0 spiro atoms. The summed E-state index contributed by atoms with van der Waals surface area (Å²) in [6.07, 6.45) is 2.34. The number of carboxylic acid groups (broad SMARTS) is 1. The molecule has 5 heteroatoms. The maximum Gasteiger partial charge on any atom is 0.345 e. The molecule has 2 heterocycles. The molecule has 0 radical (unpaired) electrons. The standard InChI is InChI=1S/C12H17NO3S/c1-16-7-9-3-2-4-13(6-9)10-5-11(12(14)15)17-8-10/h5,8-9H,2-4,6-7H2,1H3,(H,14,15). The van der Waals surface area contributed by atoms with Crippen molar-refractivity contribution in [3.05, 3.63) is 16.3 Å². The van der Waals surface area contributed by atoms with Gasteiger partial charge in [0.1, 0.15) is 4.88 Å². The zero-order valence-electron chi connectivity index (χ0n) is 9.89. The SMILES string of the molecule is COCC1CCCN(c2csc(C(=O)O)c2)C1. The number of aromatic carboxylic acids is 1. The van der Waals surface area contributed by atoms with E-state index < -0.39 is 5.97 Å². The molecule has 1 unspecified atom stereocenters. The van der Waals surface area contributed by atoms with Crippen molar-refractivity contribution in [2.24, 2.45) is 5.92 Å². The molecule has 1 saturated heterocycles. The van der Waals surface area contributed by atoms with Crippen molar-refractivity contribution < 1.29 is 14.6 Å². The number of thiophene rings is 1. The van der Waals surface area contributed by atoms with Gasteiger partial charge < -0.3 is 14.7 Å². The summed E-state index contributed by atoms with van der Waals surface area (Å²) in [6, 6.07) is 1.77. The zero-order valence-corrected chi connectivity index (χ0v) is 10.7. The second-order valence-corrected chi connectivity index (χ2v) is 5.30. The maximum absolute atomic E-state index is 10.8. The predicted octanol–water partition coefficient (Wildman–Crippen LogP) is 2.31. The van der Waals surface area contributed by atoms with Crippen LogP contribution in [0.5, 0.6) is 0 Å². The van der Waals surface area contributed by atoms with E-state index in [1.54, 1.807) is 13.2 Å². The van der Waals surface area contributed by atoms with Crippen molar-refractivity contribution in [3.63, 3.8) is 0 Å². The quantitative estimate of drug-likeness (QED) is 0.897. The van der Waals surface area contributed by atoms with E-state index in [9.17, 15) is 4.79 Å². The van der Waals surface area contributed by atoms with E-state index in [0.717, 1.165) is 31.8 Å². The van der Waals surface area contributed by atoms with Gasteiger partial charge in [0.2, 0.25) is 0 Å². The van der Waals surface area contributed by atoms with Crippen LogP contribution in [0.3, 0.4) is 0 Å². The predicted molar refractivity (Wildman–Crippen MR) is 68.1 cm³/mol. The van der Waals surface area contributed by atoms with Gasteiger partial charge >= 0.3 is 5.97 Å². The Bertz CT molecular complexity index is 389. The van der Waals surface area contributed by atoms with Crippen LogP contribution in [-0.4, -0.2) is 37.9 Å². The van der Waals surface area contributed by atoms with Gasteiger partial charge in [-0.2, -0.15) is 0 Å². The smallest absolute Gasteiger partial charge is 0.345 e. The van der Waals surface area contributed by atoms with Crippen LogP contribution in [0.4, 0.5) is 5.69 Å². The summed E-state index contributed by atoms with van der Waals surface area (Å²) in [5.74, 6) is -0.284. The van der Waals surface area contributed by atoms with Crippen LogP contribution in [0.2, 0.25) is 0 Å². The minimum absolute atomic E-state index is 0.411. The number of hydrogen-bond donors (Lipinski definition) is 1. The molecule has 1 aromatic rings. The van der Waals surface area contributed by atoms with E-state index in [4.69, 9.17) is 9.84 Å². The highest BCUT2D eigenvalue weighted by Crippen LogP contribution is 2.27. The number of methoxy groups -OCH3 is 1. The van der Waals surface area contributed by atoms with E-state index in [1.165, 1.54) is 17.8 Å². The number of hydrogen-bond acceptors (Lipinski definition) is 4. The lowest BCUT2D eigenvalue weighted by atomic mass is 9.99. The number of anilines is 1. The minimum atomic E-state index is -0.841. The number of ether oxygens (including phenoxy) is 1. The number of piperidine rings is 1. The molecule has 1 aliphatic heterocycles. The number of carboxylic acids is 1. The first-order valence-electron chi connectivity index (χ1n) is 5.76. The highest BCUT2D eigenvalue weighted by molar-refractivity contribution is 7.12. The van der Waals surface area contributed by atoms with E-state index in [-0.39, 0.29) is 0 Å². The van der Waals surface area contributed by atoms with Gasteiger partial charge in [-0.25, -0.2) is 4.79 Å². The molecule has 1 fully saturated rings. The molecule has 17 heavy (non-hydrogen) atoms. The fourth-order valence-corrected chi connectivity index (χ4v) is 3.03. The third-order valence-electron chi connectivity index (χ3n) is 3.08. The number of carbonyl (C=O) groups is 1. The average Bonchev–Trinajstić information content (AvgIpc) is 2.79. The summed E-state index contributed by atoms with van der Waals surface area (Å²) in [7, 11) is 1.73. The Kier molecular flexibility index (Phi) is 4.02. The molecular formula is C12H17NO3S. The van der Waals surface area contributed by atoms with Crippen LogP contribution in [0.15, 0.2) is 11.4 Å². The molecule has 94 valence electrons. The van der Waals surface area contributed by atoms with E-state index in [0.29, 0.717) is 10.8 Å². The van der Waals surface area contributed by atoms with Crippen molar-refractivity contribution in [1.82, 2.24) is 0 Å². The van der Waals surface area contributed by atoms with Crippen LogP contribution >= 0.6 is 11.3 Å². The fraction of sp³-hybridized carbons (Fsp3) is 0.583. The summed E-state index contributed by atoms with van der Waals surface area (Å²) in [6.45, 7) is 2.76. The lowest BCUT2D eigenvalue weighted by Gasteiger charge is -2.33.